The van der Waals surface area contributed by atoms with Crippen LogP contribution in [0.5, 0.6) is 5.75 Å². The minimum absolute atomic E-state index is 0.186. The summed E-state index contributed by atoms with van der Waals surface area (Å²) in [4.78, 5) is 34.9. The highest BCUT2D eigenvalue weighted by Gasteiger charge is 2.14. The highest BCUT2D eigenvalue weighted by atomic mass is 16.5. The molecular formula is C17H15NO4. The van der Waals surface area contributed by atoms with Crippen LogP contribution in [0.25, 0.3) is 0 Å². The molecule has 5 nitrogen and oxygen atoms in total. The molecule has 0 aliphatic heterocycles. The lowest BCUT2D eigenvalue weighted by Crippen LogP contribution is -2.28. The number of imide groups is 1. The van der Waals surface area contributed by atoms with Crippen molar-refractivity contribution < 1.29 is 19.1 Å². The lowest BCUT2D eigenvalue weighted by molar-refractivity contribution is -0.118. The van der Waals surface area contributed by atoms with Gasteiger partial charge >= 0.3 is 0 Å². The normalized spacial score (nSPS) is 9.86. The molecule has 112 valence electrons. The molecule has 2 aromatic carbocycles. The van der Waals surface area contributed by atoms with E-state index in [9.17, 15) is 14.4 Å². The van der Waals surface area contributed by atoms with Crippen LogP contribution in [0.4, 0.5) is 0 Å². The number of ketones is 1. The van der Waals surface area contributed by atoms with Crippen LogP contribution in [0.15, 0.2) is 54.6 Å². The number of carbonyl (C=O) groups is 3. The molecule has 0 atom stereocenters. The Labute approximate surface area is 127 Å². The van der Waals surface area contributed by atoms with Crippen molar-refractivity contribution in [2.24, 2.45) is 0 Å². The van der Waals surface area contributed by atoms with Gasteiger partial charge in [0.15, 0.2) is 12.4 Å². The number of hydrogen-bond acceptors (Lipinski definition) is 4. The first-order valence-corrected chi connectivity index (χ1v) is 6.70. The highest BCUT2D eigenvalue weighted by Crippen LogP contribution is 2.18. The van der Waals surface area contributed by atoms with E-state index in [-0.39, 0.29) is 23.7 Å². The third-order valence-electron chi connectivity index (χ3n) is 2.88. The number of benzene rings is 2. The predicted molar refractivity (Wildman–Crippen MR) is 80.9 cm³/mol. The van der Waals surface area contributed by atoms with Gasteiger partial charge < -0.3 is 4.74 Å². The Morgan fingerprint density at radius 2 is 1.59 bits per heavy atom. The first kappa shape index (κ1) is 15.4. The van der Waals surface area contributed by atoms with E-state index in [1.807, 2.05) is 6.07 Å². The van der Waals surface area contributed by atoms with E-state index in [4.69, 9.17) is 4.74 Å². The fourth-order valence-corrected chi connectivity index (χ4v) is 1.86. The topological polar surface area (TPSA) is 72.5 Å². The summed E-state index contributed by atoms with van der Waals surface area (Å²) in [5, 5.41) is 2.18. The molecule has 0 aliphatic carbocycles. The summed E-state index contributed by atoms with van der Waals surface area (Å²) in [6.45, 7) is 1.06. The maximum Gasteiger partial charge on any atom is 0.261 e. The number of amides is 2. The Balaban J connectivity index is 2.09. The molecule has 0 heterocycles. The second-order valence-corrected chi connectivity index (χ2v) is 4.58. The zero-order chi connectivity index (χ0) is 15.9. The Morgan fingerprint density at radius 1 is 0.955 bits per heavy atom. The zero-order valence-corrected chi connectivity index (χ0v) is 12.0. The molecule has 2 aromatic rings. The summed E-state index contributed by atoms with van der Waals surface area (Å²) >= 11 is 0. The predicted octanol–water partition coefficient (Wildman–Crippen LogP) is 2.22. The first-order valence-electron chi connectivity index (χ1n) is 6.70. The Bertz CT molecular complexity index is 695. The van der Waals surface area contributed by atoms with Gasteiger partial charge in [0.1, 0.15) is 5.75 Å². The van der Waals surface area contributed by atoms with E-state index in [1.54, 1.807) is 42.5 Å². The number of para-hydroxylation sites is 1. The van der Waals surface area contributed by atoms with E-state index >= 15 is 0 Å². The molecule has 0 unspecified atom stereocenters. The maximum atomic E-state index is 12.0. The monoisotopic (exact) mass is 297 g/mol. The van der Waals surface area contributed by atoms with Crippen LogP contribution in [-0.2, 0) is 4.79 Å². The van der Waals surface area contributed by atoms with Crippen LogP contribution >= 0.6 is 0 Å². The Morgan fingerprint density at radius 3 is 2.27 bits per heavy atom. The van der Waals surface area contributed by atoms with Crippen molar-refractivity contribution in [3.63, 3.8) is 0 Å². The summed E-state index contributed by atoms with van der Waals surface area (Å²) in [7, 11) is 0. The molecule has 0 saturated carbocycles. The molecule has 0 aromatic heterocycles. The summed E-state index contributed by atoms with van der Waals surface area (Å²) in [5.41, 5.74) is 0.742. The van der Waals surface area contributed by atoms with E-state index in [0.29, 0.717) is 5.56 Å². The largest absolute Gasteiger partial charge is 0.485 e. The Kier molecular flexibility index (Phi) is 5.03. The summed E-state index contributed by atoms with van der Waals surface area (Å²) in [6, 6.07) is 15.2. The summed E-state index contributed by atoms with van der Waals surface area (Å²) in [6.07, 6.45) is 0. The van der Waals surface area contributed by atoms with Gasteiger partial charge in [-0.2, -0.15) is 0 Å². The first-order chi connectivity index (χ1) is 10.6. The molecule has 2 amide bonds. The number of hydrogen-bond donors (Lipinski definition) is 1. The van der Waals surface area contributed by atoms with Crippen LogP contribution in [0.3, 0.4) is 0 Å². The van der Waals surface area contributed by atoms with Crippen molar-refractivity contribution in [2.75, 3.05) is 6.61 Å². The quantitative estimate of drug-likeness (QED) is 0.859. The van der Waals surface area contributed by atoms with Crippen molar-refractivity contribution >= 4 is 17.6 Å². The van der Waals surface area contributed by atoms with Crippen molar-refractivity contribution in [1.82, 2.24) is 5.32 Å². The van der Waals surface area contributed by atoms with Gasteiger partial charge in [-0.3, -0.25) is 19.7 Å². The van der Waals surface area contributed by atoms with Crippen LogP contribution in [-0.4, -0.2) is 24.2 Å². The lowest BCUT2D eigenvalue weighted by Gasteiger charge is -2.10. The molecule has 0 fully saturated rings. The van der Waals surface area contributed by atoms with E-state index in [1.165, 1.54) is 13.0 Å². The van der Waals surface area contributed by atoms with Crippen LogP contribution < -0.4 is 10.1 Å². The highest BCUT2D eigenvalue weighted by molar-refractivity contribution is 6.05. The van der Waals surface area contributed by atoms with Crippen LogP contribution in [0.2, 0.25) is 0 Å². The third kappa shape index (κ3) is 4.02. The maximum absolute atomic E-state index is 12.0. The molecule has 0 spiro atoms. The van der Waals surface area contributed by atoms with E-state index in [2.05, 4.69) is 5.32 Å². The molecule has 0 radical (unpaired) electrons. The Hall–Kier alpha value is -2.95. The number of rotatable bonds is 5. The van der Waals surface area contributed by atoms with Gasteiger partial charge in [0.25, 0.3) is 5.91 Å². The average molecular weight is 297 g/mol. The fourth-order valence-electron chi connectivity index (χ4n) is 1.86. The zero-order valence-electron chi connectivity index (χ0n) is 12.0. The van der Waals surface area contributed by atoms with Gasteiger partial charge in [-0.05, 0) is 12.1 Å². The third-order valence-corrected chi connectivity index (χ3v) is 2.88. The van der Waals surface area contributed by atoms with Gasteiger partial charge in [0.2, 0.25) is 5.91 Å². The molecular weight excluding hydrogens is 282 g/mol. The minimum Gasteiger partial charge on any atom is -0.485 e. The second kappa shape index (κ2) is 7.17. The molecule has 2 rings (SSSR count). The average Bonchev–Trinajstić information content (AvgIpc) is 2.53. The van der Waals surface area contributed by atoms with Gasteiger partial charge in [-0.25, -0.2) is 0 Å². The van der Waals surface area contributed by atoms with Gasteiger partial charge in [0.05, 0.1) is 5.56 Å². The van der Waals surface area contributed by atoms with Gasteiger partial charge in [-0.1, -0.05) is 42.5 Å². The lowest BCUT2D eigenvalue weighted by atomic mass is 10.1. The molecule has 0 saturated heterocycles. The minimum atomic E-state index is -0.560. The van der Waals surface area contributed by atoms with Crippen molar-refractivity contribution in [2.45, 2.75) is 6.92 Å². The summed E-state index contributed by atoms with van der Waals surface area (Å²) < 4.78 is 5.43. The van der Waals surface area contributed by atoms with Gasteiger partial charge in [0, 0.05) is 12.5 Å². The second-order valence-electron chi connectivity index (χ2n) is 4.58. The van der Waals surface area contributed by atoms with Crippen molar-refractivity contribution in [1.29, 1.82) is 0 Å². The van der Waals surface area contributed by atoms with Crippen molar-refractivity contribution in [3.8, 4) is 5.75 Å². The van der Waals surface area contributed by atoms with Gasteiger partial charge in [-0.15, -0.1) is 0 Å². The molecule has 22 heavy (non-hydrogen) atoms. The SMILES string of the molecule is CC(=O)NC(=O)c1ccccc1OCC(=O)c1ccccc1. The van der Waals surface area contributed by atoms with Crippen LogP contribution in [0.1, 0.15) is 27.6 Å². The van der Waals surface area contributed by atoms with E-state index < -0.39 is 11.8 Å². The molecule has 1 N–H and O–H groups in total. The van der Waals surface area contributed by atoms with E-state index in [0.717, 1.165) is 0 Å². The standard InChI is InChI=1S/C17H15NO4/c1-12(19)18-17(21)14-9-5-6-10-16(14)22-11-15(20)13-7-3-2-4-8-13/h2-10H,11H2,1H3,(H,18,19,21). The van der Waals surface area contributed by atoms with Crippen molar-refractivity contribution in [3.05, 3.63) is 65.7 Å². The number of carbonyl (C=O) groups excluding carboxylic acids is 3. The smallest absolute Gasteiger partial charge is 0.261 e. The fraction of sp³-hybridized carbons (Fsp3) is 0.118. The molecule has 5 heteroatoms. The summed E-state index contributed by atoms with van der Waals surface area (Å²) in [5.74, 6) is -0.955. The van der Waals surface area contributed by atoms with Crippen LogP contribution in [0, 0.1) is 0 Å². The number of Topliss-reactive ketones (excluding diaryl/α,β-unsaturated/α-hetero) is 1. The molecule has 0 bridgehead atoms. The molecule has 0 aliphatic rings. The number of ether oxygens (including phenoxy) is 1. The number of nitrogens with one attached hydrogen (secondary N) is 1.